The van der Waals surface area contributed by atoms with Crippen LogP contribution in [0.3, 0.4) is 0 Å². The predicted octanol–water partition coefficient (Wildman–Crippen LogP) is 2.75. The molecule has 0 heterocycles. The maximum absolute atomic E-state index is 11.6. The highest BCUT2D eigenvalue weighted by Crippen LogP contribution is 2.35. The highest BCUT2D eigenvalue weighted by Gasteiger charge is 2.25. The van der Waals surface area contributed by atoms with Crippen LogP contribution in [0, 0.1) is 11.8 Å². The molecule has 0 unspecified atom stereocenters. The van der Waals surface area contributed by atoms with E-state index in [2.05, 4.69) is 5.32 Å². The van der Waals surface area contributed by atoms with E-state index in [1.807, 2.05) is 0 Å². The van der Waals surface area contributed by atoms with Gasteiger partial charge in [0, 0.05) is 25.2 Å². The third-order valence-corrected chi connectivity index (χ3v) is 5.98. The molecule has 2 rings (SSSR count). The monoisotopic (exact) mass is 354 g/mol. The minimum atomic E-state index is -0.130. The molecule has 0 amide bonds. The number of unbranched alkanes of at least 4 members (excludes halogenated alkanes) is 1. The topological polar surface area (TPSA) is 84.6 Å². The lowest BCUT2D eigenvalue weighted by molar-refractivity contribution is -0.143. The summed E-state index contributed by atoms with van der Waals surface area (Å²) in [6.07, 6.45) is 13.5. The van der Waals surface area contributed by atoms with Gasteiger partial charge in [-0.3, -0.25) is 4.79 Å². The fourth-order valence-electron chi connectivity index (χ4n) is 4.35. The molecule has 0 aromatic rings. The minimum Gasteiger partial charge on any atom is -0.466 e. The minimum absolute atomic E-state index is 0.130. The van der Waals surface area contributed by atoms with Crippen molar-refractivity contribution in [3.05, 3.63) is 0 Å². The van der Waals surface area contributed by atoms with Crippen molar-refractivity contribution in [2.24, 2.45) is 17.6 Å². The fraction of sp³-hybridized carbons (Fsp3) is 0.950. The molecule has 0 spiro atoms. The number of rotatable bonds is 10. The summed E-state index contributed by atoms with van der Waals surface area (Å²) in [4.78, 5) is 11.6. The van der Waals surface area contributed by atoms with Crippen molar-refractivity contribution in [2.75, 3.05) is 19.8 Å². The van der Waals surface area contributed by atoms with Crippen molar-refractivity contribution in [2.45, 2.75) is 89.1 Å². The molecule has 0 aromatic carbocycles. The second-order valence-corrected chi connectivity index (χ2v) is 8.09. The Balaban J connectivity index is 1.48. The number of carbonyl (C=O) groups is 1. The second-order valence-electron chi connectivity index (χ2n) is 8.09. The van der Waals surface area contributed by atoms with Gasteiger partial charge in [-0.2, -0.15) is 0 Å². The van der Waals surface area contributed by atoms with Gasteiger partial charge in [0.15, 0.2) is 0 Å². The van der Waals surface area contributed by atoms with E-state index >= 15 is 0 Å². The van der Waals surface area contributed by atoms with E-state index in [1.54, 1.807) is 0 Å². The molecule has 2 aliphatic rings. The van der Waals surface area contributed by atoms with Gasteiger partial charge in [-0.1, -0.05) is 0 Å². The van der Waals surface area contributed by atoms with Gasteiger partial charge in [-0.05, 0) is 82.5 Å². The molecule has 0 radical (unpaired) electrons. The lowest BCUT2D eigenvalue weighted by atomic mass is 9.76. The average Bonchev–Trinajstić information content (AvgIpc) is 2.62. The van der Waals surface area contributed by atoms with E-state index in [9.17, 15) is 4.79 Å². The molecule has 0 bridgehead atoms. The summed E-state index contributed by atoms with van der Waals surface area (Å²) < 4.78 is 5.14. The fourth-order valence-corrected chi connectivity index (χ4v) is 4.35. The van der Waals surface area contributed by atoms with Crippen molar-refractivity contribution in [1.82, 2.24) is 5.32 Å². The van der Waals surface area contributed by atoms with Gasteiger partial charge in [-0.15, -0.1) is 0 Å². The Morgan fingerprint density at radius 2 is 1.64 bits per heavy atom. The zero-order chi connectivity index (χ0) is 17.9. The second kappa shape index (κ2) is 11.9. The van der Waals surface area contributed by atoms with Crippen LogP contribution in [0.1, 0.15) is 77.0 Å². The summed E-state index contributed by atoms with van der Waals surface area (Å²) in [5.74, 6) is 1.68. The first kappa shape index (κ1) is 20.7. The molecule has 0 aliphatic heterocycles. The quantitative estimate of drug-likeness (QED) is 0.415. The van der Waals surface area contributed by atoms with Crippen LogP contribution in [0.4, 0.5) is 0 Å². The van der Waals surface area contributed by atoms with Gasteiger partial charge in [0.05, 0.1) is 13.0 Å². The van der Waals surface area contributed by atoms with Gasteiger partial charge in [-0.25, -0.2) is 0 Å². The largest absolute Gasteiger partial charge is 0.466 e. The van der Waals surface area contributed by atoms with Crippen molar-refractivity contribution < 1.29 is 14.6 Å². The number of hydrogen-bond donors (Lipinski definition) is 3. The Morgan fingerprint density at radius 1 is 1.00 bits per heavy atom. The molecule has 5 nitrogen and oxygen atoms in total. The maximum Gasteiger partial charge on any atom is 0.307 e. The van der Waals surface area contributed by atoms with E-state index in [-0.39, 0.29) is 12.6 Å². The van der Waals surface area contributed by atoms with Crippen LogP contribution in [0.5, 0.6) is 0 Å². The van der Waals surface area contributed by atoms with Crippen molar-refractivity contribution in [3.63, 3.8) is 0 Å². The molecule has 25 heavy (non-hydrogen) atoms. The first-order valence-corrected chi connectivity index (χ1v) is 10.4. The van der Waals surface area contributed by atoms with Crippen molar-refractivity contribution in [1.29, 1.82) is 0 Å². The number of esters is 1. The summed E-state index contributed by atoms with van der Waals surface area (Å²) in [7, 11) is 0. The van der Waals surface area contributed by atoms with E-state index in [4.69, 9.17) is 15.6 Å². The van der Waals surface area contributed by atoms with Gasteiger partial charge in [0.25, 0.3) is 0 Å². The van der Waals surface area contributed by atoms with Crippen molar-refractivity contribution in [3.8, 4) is 0 Å². The lowest BCUT2D eigenvalue weighted by Crippen LogP contribution is -2.35. The number of ether oxygens (including phenoxy) is 1. The normalized spacial score (nSPS) is 30.2. The van der Waals surface area contributed by atoms with Crippen LogP contribution in [-0.2, 0) is 9.53 Å². The molecular formula is C20H38N2O3. The maximum atomic E-state index is 11.6. The highest BCUT2D eigenvalue weighted by molar-refractivity contribution is 5.69. The smallest absolute Gasteiger partial charge is 0.307 e. The first-order chi connectivity index (χ1) is 12.2. The summed E-state index contributed by atoms with van der Waals surface area (Å²) in [5, 5.41) is 12.2. The molecule has 2 saturated carbocycles. The summed E-state index contributed by atoms with van der Waals surface area (Å²) in [6.45, 7) is 1.31. The van der Waals surface area contributed by atoms with Crippen LogP contribution >= 0.6 is 0 Å². The molecule has 4 N–H and O–H groups in total. The van der Waals surface area contributed by atoms with E-state index in [1.165, 1.54) is 57.8 Å². The number of nitrogens with one attached hydrogen (secondary N) is 1. The summed E-state index contributed by atoms with van der Waals surface area (Å²) in [5.41, 5.74) is 6.01. The van der Waals surface area contributed by atoms with Crippen LogP contribution in [0.25, 0.3) is 0 Å². The van der Waals surface area contributed by atoms with Crippen LogP contribution in [-0.4, -0.2) is 42.9 Å². The summed E-state index contributed by atoms with van der Waals surface area (Å²) >= 11 is 0. The van der Waals surface area contributed by atoms with Gasteiger partial charge in [0.2, 0.25) is 0 Å². The SMILES string of the molecule is NC1CCC(CC2CCC(NCCC(=O)OCCCCO)CC2)CC1. The van der Waals surface area contributed by atoms with E-state index < -0.39 is 0 Å². The van der Waals surface area contributed by atoms with E-state index in [0.717, 1.165) is 18.3 Å². The zero-order valence-corrected chi connectivity index (χ0v) is 15.8. The molecule has 2 aliphatic carbocycles. The summed E-state index contributed by atoms with van der Waals surface area (Å²) in [6, 6.07) is 1.02. The number of nitrogens with two attached hydrogens (primary N) is 1. The van der Waals surface area contributed by atoms with Crippen LogP contribution < -0.4 is 11.1 Å². The number of aliphatic hydroxyl groups excluding tert-OH is 1. The van der Waals surface area contributed by atoms with E-state index in [0.29, 0.717) is 38.1 Å². The molecular weight excluding hydrogens is 316 g/mol. The number of hydrogen-bond acceptors (Lipinski definition) is 5. The predicted molar refractivity (Wildman–Crippen MR) is 100 cm³/mol. The lowest BCUT2D eigenvalue weighted by Gasteiger charge is -2.33. The number of carbonyl (C=O) groups excluding carboxylic acids is 1. The third-order valence-electron chi connectivity index (χ3n) is 5.98. The molecule has 0 atom stereocenters. The number of aliphatic hydroxyl groups is 1. The van der Waals surface area contributed by atoms with Gasteiger partial charge >= 0.3 is 5.97 Å². The molecule has 146 valence electrons. The Kier molecular flexibility index (Phi) is 9.81. The van der Waals surface area contributed by atoms with Crippen LogP contribution in [0.2, 0.25) is 0 Å². The average molecular weight is 355 g/mol. The van der Waals surface area contributed by atoms with Crippen molar-refractivity contribution >= 4 is 5.97 Å². The molecule has 0 saturated heterocycles. The molecule has 5 heteroatoms. The molecule has 2 fully saturated rings. The zero-order valence-electron chi connectivity index (χ0n) is 15.8. The Morgan fingerprint density at radius 3 is 2.28 bits per heavy atom. The van der Waals surface area contributed by atoms with Gasteiger partial charge in [0.1, 0.15) is 0 Å². The van der Waals surface area contributed by atoms with Gasteiger partial charge < -0.3 is 20.9 Å². The Hall–Kier alpha value is -0.650. The Bertz CT molecular complexity index is 362. The standard InChI is InChI=1S/C20H38N2O3/c21-18-7-3-16(4-8-18)15-17-5-9-19(10-6-17)22-12-11-20(24)25-14-2-1-13-23/h16-19,22-23H,1-15,21H2. The first-order valence-electron chi connectivity index (χ1n) is 10.4. The highest BCUT2D eigenvalue weighted by atomic mass is 16.5. The molecule has 0 aromatic heterocycles. The Labute approximate surface area is 153 Å². The third kappa shape index (κ3) is 8.52. The van der Waals surface area contributed by atoms with Crippen LogP contribution in [0.15, 0.2) is 0 Å².